The average Bonchev–Trinajstić information content (AvgIpc) is 3.03. The van der Waals surface area contributed by atoms with E-state index in [2.05, 4.69) is 38.7 Å². The van der Waals surface area contributed by atoms with Crippen LogP contribution in [0.5, 0.6) is 0 Å². The molecule has 1 aromatic heterocycles. The molecular formula is C22H29NO2S. The number of hydrogen-bond donors (Lipinski definition) is 1. The van der Waals surface area contributed by atoms with Gasteiger partial charge in [-0.05, 0) is 42.4 Å². The zero-order valence-corrected chi connectivity index (χ0v) is 16.8. The summed E-state index contributed by atoms with van der Waals surface area (Å²) in [6.07, 6.45) is 10.6. The summed E-state index contributed by atoms with van der Waals surface area (Å²) in [5.41, 5.74) is 1.93. The summed E-state index contributed by atoms with van der Waals surface area (Å²) in [7, 11) is 0. The number of carbonyl (C=O) groups excluding carboxylic acids is 2. The van der Waals surface area contributed by atoms with E-state index >= 15 is 0 Å². The Kier molecular flexibility index (Phi) is 5.52. The first-order valence-corrected chi connectivity index (χ1v) is 10.5. The van der Waals surface area contributed by atoms with Crippen molar-refractivity contribution < 1.29 is 9.59 Å². The van der Waals surface area contributed by atoms with Crippen molar-refractivity contribution in [1.82, 2.24) is 5.32 Å². The van der Waals surface area contributed by atoms with Crippen LogP contribution in [0.3, 0.4) is 0 Å². The molecule has 0 aliphatic heterocycles. The molecule has 0 aromatic carbocycles. The molecule has 0 radical (unpaired) electrons. The lowest BCUT2D eigenvalue weighted by molar-refractivity contribution is -0.123. The van der Waals surface area contributed by atoms with Gasteiger partial charge in [0.05, 0.1) is 5.56 Å². The second kappa shape index (κ2) is 7.51. The molecule has 4 rings (SSSR count). The fourth-order valence-electron chi connectivity index (χ4n) is 4.84. The van der Waals surface area contributed by atoms with Crippen molar-refractivity contribution in [2.45, 2.75) is 52.5 Å². The average molecular weight is 372 g/mol. The summed E-state index contributed by atoms with van der Waals surface area (Å²) in [4.78, 5) is 25.3. The number of carbonyl (C=O) groups is 2. The van der Waals surface area contributed by atoms with Crippen LogP contribution in [0.15, 0.2) is 18.0 Å². The maximum absolute atomic E-state index is 13.1. The Hall–Kier alpha value is -1.68. The molecule has 3 saturated carbocycles. The zero-order valence-electron chi connectivity index (χ0n) is 16.0. The van der Waals surface area contributed by atoms with Gasteiger partial charge in [-0.15, -0.1) is 11.3 Å². The van der Waals surface area contributed by atoms with Crippen LogP contribution >= 0.6 is 11.3 Å². The smallest absolute Gasteiger partial charge is 0.252 e. The van der Waals surface area contributed by atoms with Crippen molar-refractivity contribution in [2.75, 3.05) is 0 Å². The summed E-state index contributed by atoms with van der Waals surface area (Å²) in [5, 5.41) is 5.23. The molecule has 3 aliphatic carbocycles. The van der Waals surface area contributed by atoms with E-state index in [1.807, 2.05) is 17.5 Å². The maximum atomic E-state index is 13.1. The topological polar surface area (TPSA) is 46.2 Å². The Labute approximate surface area is 160 Å². The number of nitrogens with one attached hydrogen (secondary N) is 1. The minimum atomic E-state index is -0.0212. The van der Waals surface area contributed by atoms with Crippen LogP contribution < -0.4 is 5.32 Å². The van der Waals surface area contributed by atoms with E-state index in [0.29, 0.717) is 18.3 Å². The van der Waals surface area contributed by atoms with E-state index in [4.69, 9.17) is 0 Å². The van der Waals surface area contributed by atoms with Crippen molar-refractivity contribution >= 4 is 35.7 Å². The summed E-state index contributed by atoms with van der Waals surface area (Å²) in [6, 6.07) is 0.0859. The van der Waals surface area contributed by atoms with E-state index in [1.165, 1.54) is 0 Å². The van der Waals surface area contributed by atoms with Gasteiger partial charge >= 0.3 is 0 Å². The maximum Gasteiger partial charge on any atom is 0.252 e. The van der Waals surface area contributed by atoms with E-state index < -0.39 is 0 Å². The van der Waals surface area contributed by atoms with Crippen molar-refractivity contribution in [2.24, 2.45) is 23.2 Å². The van der Waals surface area contributed by atoms with Crippen LogP contribution in [0.25, 0.3) is 12.2 Å². The molecule has 140 valence electrons. The van der Waals surface area contributed by atoms with E-state index in [0.717, 1.165) is 41.6 Å². The van der Waals surface area contributed by atoms with E-state index in [1.54, 1.807) is 11.3 Å². The number of amides is 1. The third kappa shape index (κ3) is 3.20. The highest BCUT2D eigenvalue weighted by molar-refractivity contribution is 7.11. The van der Waals surface area contributed by atoms with Gasteiger partial charge in [-0.2, -0.15) is 0 Å². The van der Waals surface area contributed by atoms with Crippen LogP contribution in [0.2, 0.25) is 0 Å². The van der Waals surface area contributed by atoms with Gasteiger partial charge in [0.15, 0.2) is 0 Å². The lowest BCUT2D eigenvalue weighted by atomic mass is 9.44. The van der Waals surface area contributed by atoms with Gasteiger partial charge in [0.1, 0.15) is 6.29 Å². The number of rotatable bonds is 7. The lowest BCUT2D eigenvalue weighted by Gasteiger charge is -2.62. The monoisotopic (exact) mass is 371 g/mol. The van der Waals surface area contributed by atoms with Crippen molar-refractivity contribution in [3.63, 3.8) is 0 Å². The predicted octanol–water partition coefficient (Wildman–Crippen LogP) is 5.18. The Bertz CT molecular complexity index is 731. The van der Waals surface area contributed by atoms with Crippen LogP contribution in [0.4, 0.5) is 0 Å². The first kappa shape index (κ1) is 19.1. The number of hydrogen-bond acceptors (Lipinski definition) is 3. The molecule has 3 aliphatic rings. The standard InChI is InChI=1S/C22H29NO2S/c1-5-7-8-16-17(13-26-19(16)6-2)21(25)23-20-14(9-10-24)11-15-12-18(20)22(15,3)4/h6-8,10,13-15,18,20H,2,5,9,11-12H2,1,3-4H3,(H,23,25)/b8-7-/t14?,15-,18?,20+/m0/s1. The van der Waals surface area contributed by atoms with Crippen LogP contribution in [0.1, 0.15) is 67.3 Å². The van der Waals surface area contributed by atoms with Crippen molar-refractivity contribution in [1.29, 1.82) is 0 Å². The largest absolute Gasteiger partial charge is 0.349 e. The van der Waals surface area contributed by atoms with Gasteiger partial charge in [-0.3, -0.25) is 4.79 Å². The normalized spacial score (nSPS) is 29.2. The van der Waals surface area contributed by atoms with Crippen molar-refractivity contribution in [3.05, 3.63) is 34.0 Å². The first-order chi connectivity index (χ1) is 12.4. The van der Waals surface area contributed by atoms with Gasteiger partial charge in [0.2, 0.25) is 0 Å². The molecule has 4 atom stereocenters. The second-order valence-electron chi connectivity index (χ2n) is 8.20. The third-order valence-corrected chi connectivity index (χ3v) is 7.58. The summed E-state index contributed by atoms with van der Waals surface area (Å²) in [6.45, 7) is 10.6. The van der Waals surface area contributed by atoms with E-state index in [-0.39, 0.29) is 23.3 Å². The van der Waals surface area contributed by atoms with Crippen LogP contribution in [-0.2, 0) is 4.79 Å². The third-order valence-electron chi connectivity index (χ3n) is 6.58. The molecule has 4 heteroatoms. The number of fused-ring (bicyclic) bond motifs is 2. The van der Waals surface area contributed by atoms with Gasteiger partial charge in [-0.1, -0.05) is 45.6 Å². The molecular weight excluding hydrogens is 342 g/mol. The fraction of sp³-hybridized carbons (Fsp3) is 0.545. The predicted molar refractivity (Wildman–Crippen MR) is 109 cm³/mol. The Morgan fingerprint density at radius 1 is 1.42 bits per heavy atom. The Morgan fingerprint density at radius 2 is 2.19 bits per heavy atom. The molecule has 1 heterocycles. The first-order valence-electron chi connectivity index (χ1n) is 9.58. The highest BCUT2D eigenvalue weighted by Gasteiger charge is 2.57. The number of aldehydes is 1. The van der Waals surface area contributed by atoms with Gasteiger partial charge in [0, 0.05) is 28.3 Å². The second-order valence-corrected chi connectivity index (χ2v) is 9.11. The number of allylic oxidation sites excluding steroid dienone is 1. The molecule has 2 unspecified atom stereocenters. The van der Waals surface area contributed by atoms with Crippen molar-refractivity contribution in [3.8, 4) is 0 Å². The SMILES string of the molecule is C=Cc1scc(C(=O)N[C@@H]2C(CC=O)C[C@H]3CC2C3(C)C)c1/C=C\CC. The van der Waals surface area contributed by atoms with Crippen LogP contribution in [0, 0.1) is 23.2 Å². The summed E-state index contributed by atoms with van der Waals surface area (Å²) in [5.74, 6) is 1.39. The van der Waals surface area contributed by atoms with Crippen LogP contribution in [-0.4, -0.2) is 18.2 Å². The summed E-state index contributed by atoms with van der Waals surface area (Å²) >= 11 is 1.55. The highest BCUT2D eigenvalue weighted by Crippen LogP contribution is 2.61. The quantitative estimate of drug-likeness (QED) is 0.671. The Balaban J connectivity index is 1.84. The molecule has 1 amide bonds. The number of thiophene rings is 1. The van der Waals surface area contributed by atoms with E-state index in [9.17, 15) is 9.59 Å². The molecule has 0 saturated heterocycles. The lowest BCUT2D eigenvalue weighted by Crippen LogP contribution is -2.63. The molecule has 2 bridgehead atoms. The minimum absolute atomic E-state index is 0.0212. The summed E-state index contributed by atoms with van der Waals surface area (Å²) < 4.78 is 0. The minimum Gasteiger partial charge on any atom is -0.349 e. The molecule has 0 spiro atoms. The molecule has 1 aromatic rings. The molecule has 3 fully saturated rings. The zero-order chi connectivity index (χ0) is 18.9. The molecule has 26 heavy (non-hydrogen) atoms. The van der Waals surface area contributed by atoms with Gasteiger partial charge in [-0.25, -0.2) is 0 Å². The molecule has 1 N–H and O–H groups in total. The van der Waals surface area contributed by atoms with Gasteiger partial charge in [0.25, 0.3) is 5.91 Å². The highest BCUT2D eigenvalue weighted by atomic mass is 32.1. The Morgan fingerprint density at radius 3 is 2.81 bits per heavy atom. The molecule has 3 nitrogen and oxygen atoms in total. The van der Waals surface area contributed by atoms with Gasteiger partial charge < -0.3 is 10.1 Å². The fourth-order valence-corrected chi connectivity index (χ4v) is 5.72.